The molecule has 0 aliphatic heterocycles. The molecule has 2 heterocycles. The highest BCUT2D eigenvalue weighted by atomic mass is 32.1. The van der Waals surface area contributed by atoms with Crippen LogP contribution in [0, 0.1) is 6.92 Å². The average molecular weight is 289 g/mol. The number of aryl methyl sites for hydroxylation is 2. The summed E-state index contributed by atoms with van der Waals surface area (Å²) in [5.74, 6) is 0.306. The molecule has 0 atom stereocenters. The van der Waals surface area contributed by atoms with Crippen LogP contribution in [0.1, 0.15) is 16.8 Å². The molecule has 0 bridgehead atoms. The lowest BCUT2D eigenvalue weighted by Gasteiger charge is -2.05. The van der Waals surface area contributed by atoms with Gasteiger partial charge in [0.1, 0.15) is 4.99 Å². The van der Waals surface area contributed by atoms with Gasteiger partial charge in [0.25, 0.3) is 0 Å². The van der Waals surface area contributed by atoms with E-state index in [0.29, 0.717) is 17.1 Å². The first kappa shape index (κ1) is 13.5. The summed E-state index contributed by atoms with van der Waals surface area (Å²) in [6.07, 6.45) is -2.83. The molecule has 0 fully saturated rings. The Balaban J connectivity index is 2.60. The van der Waals surface area contributed by atoms with Crippen molar-refractivity contribution in [3.8, 4) is 5.82 Å². The lowest BCUT2D eigenvalue weighted by Crippen LogP contribution is -2.15. The third-order valence-electron chi connectivity index (χ3n) is 2.57. The minimum absolute atomic E-state index is 0.0599. The van der Waals surface area contributed by atoms with Crippen LogP contribution in [0.4, 0.5) is 13.2 Å². The number of nitrogens with two attached hydrogens (primary N) is 1. The normalized spacial score (nSPS) is 11.8. The molecule has 19 heavy (non-hydrogen) atoms. The topological polar surface area (TPSA) is 61.7 Å². The highest BCUT2D eigenvalue weighted by molar-refractivity contribution is 7.80. The molecule has 2 N–H and O–H groups in total. The summed E-state index contributed by atoms with van der Waals surface area (Å²) < 4.78 is 40.1. The Morgan fingerprint density at radius 3 is 2.53 bits per heavy atom. The number of hydrogen-bond acceptors (Lipinski definition) is 3. The first-order chi connectivity index (χ1) is 8.71. The Hall–Kier alpha value is -1.90. The highest BCUT2D eigenvalue weighted by Gasteiger charge is 2.33. The molecule has 2 rings (SSSR count). The number of alkyl halides is 3. The van der Waals surface area contributed by atoms with Crippen molar-refractivity contribution in [2.24, 2.45) is 12.8 Å². The van der Waals surface area contributed by atoms with E-state index in [1.807, 2.05) is 0 Å². The van der Waals surface area contributed by atoms with Crippen LogP contribution in [-0.2, 0) is 13.2 Å². The summed E-state index contributed by atoms with van der Waals surface area (Å²) in [6.45, 7) is 1.67. The fourth-order valence-electron chi connectivity index (χ4n) is 1.78. The first-order valence-corrected chi connectivity index (χ1v) is 5.58. The fraction of sp³-hybridized carbons (Fsp3) is 0.300. The predicted octanol–water partition coefficient (Wildman–Crippen LogP) is 1.57. The highest BCUT2D eigenvalue weighted by Crippen LogP contribution is 2.29. The Labute approximate surface area is 111 Å². The van der Waals surface area contributed by atoms with E-state index < -0.39 is 11.7 Å². The molecule has 2 aromatic heterocycles. The molecule has 0 radical (unpaired) electrons. The van der Waals surface area contributed by atoms with Crippen molar-refractivity contribution in [3.05, 3.63) is 29.2 Å². The van der Waals surface area contributed by atoms with E-state index in [0.717, 1.165) is 17.1 Å². The zero-order valence-corrected chi connectivity index (χ0v) is 10.9. The number of nitrogens with zero attached hydrogens (tertiary/aromatic N) is 4. The van der Waals surface area contributed by atoms with Crippen LogP contribution in [0.2, 0.25) is 0 Å². The molecule has 0 saturated heterocycles. The summed E-state index contributed by atoms with van der Waals surface area (Å²) >= 11 is 4.89. The Kier molecular flexibility index (Phi) is 3.09. The third-order valence-corrected chi connectivity index (χ3v) is 2.77. The molecule has 0 aliphatic carbocycles. The van der Waals surface area contributed by atoms with E-state index in [1.54, 1.807) is 14.0 Å². The Bertz CT molecular complexity index is 640. The van der Waals surface area contributed by atoms with Crippen molar-refractivity contribution >= 4 is 17.2 Å². The predicted molar refractivity (Wildman–Crippen MR) is 66.0 cm³/mol. The number of thiocarbonyl (C=S) groups is 1. The van der Waals surface area contributed by atoms with Crippen LogP contribution in [0.25, 0.3) is 5.82 Å². The van der Waals surface area contributed by atoms with Gasteiger partial charge in [-0.2, -0.15) is 23.4 Å². The summed E-state index contributed by atoms with van der Waals surface area (Å²) in [6, 6.07) is 0. The van der Waals surface area contributed by atoms with Crippen molar-refractivity contribution < 1.29 is 13.2 Å². The first-order valence-electron chi connectivity index (χ1n) is 5.17. The van der Waals surface area contributed by atoms with Gasteiger partial charge in [0.2, 0.25) is 0 Å². The smallest absolute Gasteiger partial charge is 0.389 e. The molecule has 0 aromatic carbocycles. The quantitative estimate of drug-likeness (QED) is 0.852. The van der Waals surface area contributed by atoms with Crippen molar-refractivity contribution in [2.75, 3.05) is 0 Å². The summed E-state index contributed by atoms with van der Waals surface area (Å²) in [4.78, 5) is 0.0599. The maximum atomic E-state index is 12.6. The molecule has 9 heteroatoms. The second-order valence-corrected chi connectivity index (χ2v) is 4.38. The van der Waals surface area contributed by atoms with E-state index in [2.05, 4.69) is 10.2 Å². The fourth-order valence-corrected chi connectivity index (χ4v) is 2.02. The van der Waals surface area contributed by atoms with E-state index in [-0.39, 0.29) is 4.99 Å². The molecule has 0 amide bonds. The van der Waals surface area contributed by atoms with Gasteiger partial charge in [0, 0.05) is 13.2 Å². The van der Waals surface area contributed by atoms with Gasteiger partial charge in [0.05, 0.1) is 23.0 Å². The van der Waals surface area contributed by atoms with Gasteiger partial charge in [-0.25, -0.2) is 4.68 Å². The number of aromatic nitrogens is 4. The van der Waals surface area contributed by atoms with E-state index in [1.165, 1.54) is 4.68 Å². The molecular weight excluding hydrogens is 279 g/mol. The number of rotatable bonds is 2. The SMILES string of the molecule is Cc1nn(C)c(-n2cc(C(F)(F)F)cn2)c1C(N)=S. The summed E-state index contributed by atoms with van der Waals surface area (Å²) in [5.41, 5.74) is 5.67. The van der Waals surface area contributed by atoms with Gasteiger partial charge in [0.15, 0.2) is 5.82 Å². The molecule has 0 aliphatic rings. The monoisotopic (exact) mass is 289 g/mol. The van der Waals surface area contributed by atoms with Crippen molar-refractivity contribution in [1.82, 2.24) is 19.6 Å². The van der Waals surface area contributed by atoms with Crippen LogP contribution >= 0.6 is 12.2 Å². The van der Waals surface area contributed by atoms with Gasteiger partial charge in [-0.05, 0) is 6.92 Å². The van der Waals surface area contributed by atoms with Gasteiger partial charge in [-0.1, -0.05) is 12.2 Å². The summed E-state index contributed by atoms with van der Waals surface area (Å²) in [7, 11) is 1.58. The zero-order valence-electron chi connectivity index (χ0n) is 10.1. The van der Waals surface area contributed by atoms with Crippen LogP contribution in [0.15, 0.2) is 12.4 Å². The standard InChI is InChI=1S/C10H10F3N5S/c1-5-7(8(14)19)9(17(2)16-5)18-4-6(3-15-18)10(11,12)13/h3-4H,1-2H3,(H2,14,19). The van der Waals surface area contributed by atoms with Crippen molar-refractivity contribution in [1.29, 1.82) is 0 Å². The second kappa shape index (κ2) is 4.34. The lowest BCUT2D eigenvalue weighted by atomic mass is 10.2. The molecule has 5 nitrogen and oxygen atoms in total. The molecule has 0 spiro atoms. The minimum Gasteiger partial charge on any atom is -0.389 e. The van der Waals surface area contributed by atoms with Crippen molar-refractivity contribution in [3.63, 3.8) is 0 Å². The minimum atomic E-state index is -4.45. The van der Waals surface area contributed by atoms with Gasteiger partial charge < -0.3 is 5.73 Å². The molecule has 102 valence electrons. The Morgan fingerprint density at radius 2 is 2.05 bits per heavy atom. The summed E-state index contributed by atoms with van der Waals surface area (Å²) in [5, 5.41) is 7.78. The second-order valence-electron chi connectivity index (χ2n) is 3.94. The zero-order chi connectivity index (χ0) is 14.4. The van der Waals surface area contributed by atoms with Crippen LogP contribution < -0.4 is 5.73 Å². The maximum Gasteiger partial charge on any atom is 0.419 e. The van der Waals surface area contributed by atoms with Crippen LogP contribution in [0.3, 0.4) is 0 Å². The van der Waals surface area contributed by atoms with Crippen molar-refractivity contribution in [2.45, 2.75) is 13.1 Å². The number of hydrogen-bond donors (Lipinski definition) is 1. The van der Waals surface area contributed by atoms with Gasteiger partial charge in [-0.3, -0.25) is 4.68 Å². The van der Waals surface area contributed by atoms with Crippen LogP contribution in [0.5, 0.6) is 0 Å². The average Bonchev–Trinajstić information content (AvgIpc) is 2.81. The Morgan fingerprint density at radius 1 is 1.42 bits per heavy atom. The molecular formula is C10H10F3N5S. The lowest BCUT2D eigenvalue weighted by molar-refractivity contribution is -0.137. The third kappa shape index (κ3) is 2.33. The molecule has 0 unspecified atom stereocenters. The largest absolute Gasteiger partial charge is 0.419 e. The van der Waals surface area contributed by atoms with Crippen LogP contribution in [-0.4, -0.2) is 24.5 Å². The molecule has 0 saturated carbocycles. The van der Waals surface area contributed by atoms with E-state index >= 15 is 0 Å². The van der Waals surface area contributed by atoms with Gasteiger partial charge in [-0.15, -0.1) is 0 Å². The van der Waals surface area contributed by atoms with Gasteiger partial charge >= 0.3 is 6.18 Å². The number of halogens is 3. The molecule has 2 aromatic rings. The maximum absolute atomic E-state index is 12.6. The van der Waals surface area contributed by atoms with E-state index in [9.17, 15) is 13.2 Å². The van der Waals surface area contributed by atoms with E-state index in [4.69, 9.17) is 18.0 Å².